The van der Waals surface area contributed by atoms with Crippen molar-refractivity contribution in [2.24, 2.45) is 5.41 Å². The quantitative estimate of drug-likeness (QED) is 0.586. The molecule has 6 rings (SSSR count). The first kappa shape index (κ1) is 20.1. The third-order valence-electron chi connectivity index (χ3n) is 7.50. The van der Waals surface area contributed by atoms with E-state index in [9.17, 15) is 4.79 Å². The van der Waals surface area contributed by atoms with Gasteiger partial charge in [0.15, 0.2) is 5.58 Å². The highest BCUT2D eigenvalue weighted by Crippen LogP contribution is 2.52. The molecule has 1 aliphatic carbocycles. The number of pyridine rings is 1. The number of aromatic nitrogens is 2. The first-order valence-corrected chi connectivity index (χ1v) is 11.7. The summed E-state index contributed by atoms with van der Waals surface area (Å²) in [6, 6.07) is 4.05. The number of nitrogen functional groups attached to an aromatic ring is 1. The molecular weight excluding hydrogens is 449 g/mol. The Hall–Kier alpha value is -2.51. The number of nitrogens with zero attached hydrogens (tertiary/aromatic N) is 4. The van der Waals surface area contributed by atoms with Crippen LogP contribution in [0, 0.1) is 5.41 Å². The van der Waals surface area contributed by atoms with Crippen molar-refractivity contribution in [3.8, 4) is 0 Å². The average Bonchev–Trinajstić information content (AvgIpc) is 3.45. The molecule has 1 saturated carbocycles. The highest BCUT2D eigenvalue weighted by atomic mass is 35.5. The molecule has 2 bridgehead atoms. The number of piperidine rings is 1. The summed E-state index contributed by atoms with van der Waals surface area (Å²) in [5.41, 5.74) is 9.65. The van der Waals surface area contributed by atoms with Crippen molar-refractivity contribution in [2.45, 2.75) is 44.7 Å². The van der Waals surface area contributed by atoms with Crippen molar-refractivity contribution in [1.29, 1.82) is 0 Å². The largest absolute Gasteiger partial charge is 0.421 e. The molecule has 1 saturated heterocycles. The summed E-state index contributed by atoms with van der Waals surface area (Å²) < 4.78 is 5.67. The number of carbonyl (C=O) groups is 1. The molecule has 9 heteroatoms. The predicted octanol–water partition coefficient (Wildman–Crippen LogP) is 4.62. The number of amides is 1. The maximum atomic E-state index is 14.0. The van der Waals surface area contributed by atoms with Gasteiger partial charge in [-0.05, 0) is 55.9 Å². The minimum atomic E-state index is -0.414. The zero-order valence-electron chi connectivity index (χ0n) is 17.6. The van der Waals surface area contributed by atoms with E-state index in [1.807, 2.05) is 11.0 Å². The van der Waals surface area contributed by atoms with Gasteiger partial charge in [-0.3, -0.25) is 9.78 Å². The van der Waals surface area contributed by atoms with Crippen molar-refractivity contribution < 1.29 is 9.21 Å². The first-order chi connectivity index (χ1) is 15.4. The van der Waals surface area contributed by atoms with Gasteiger partial charge < -0.3 is 20.0 Å². The van der Waals surface area contributed by atoms with Gasteiger partial charge in [-0.25, -0.2) is 0 Å². The van der Waals surface area contributed by atoms with Crippen molar-refractivity contribution in [3.05, 3.63) is 45.7 Å². The highest BCUT2D eigenvalue weighted by Gasteiger charge is 2.56. The number of anilines is 2. The monoisotopic (exact) mass is 471 g/mol. The lowest BCUT2D eigenvalue weighted by molar-refractivity contribution is -0.143. The van der Waals surface area contributed by atoms with Crippen LogP contribution < -0.4 is 10.6 Å². The number of rotatable bonds is 2. The standard InChI is InChI=1S/C23H23Cl2N5O2/c1-12-19-13(6-14(24)7-16(19)25)3-5-29(12)21(31)23-4-2-15(8-23)30(11-23)18-10-27-9-17-20(18)32-22(26)28-17/h6-7,9-10,12,15H,2-5,8,11H2,1H3,(H2,26,28)/t12-,15?,23?/m0/s1. The van der Waals surface area contributed by atoms with Gasteiger partial charge in [0.25, 0.3) is 6.01 Å². The summed E-state index contributed by atoms with van der Waals surface area (Å²) in [6.07, 6.45) is 6.87. The molecule has 0 spiro atoms. The van der Waals surface area contributed by atoms with Crippen LogP contribution in [-0.2, 0) is 11.2 Å². The fourth-order valence-electron chi connectivity index (χ4n) is 6.05. The molecule has 2 aliphatic heterocycles. The number of halogens is 2. The van der Waals surface area contributed by atoms with Gasteiger partial charge in [-0.2, -0.15) is 4.98 Å². The minimum Gasteiger partial charge on any atom is -0.421 e. The molecule has 3 atom stereocenters. The number of benzene rings is 1. The van der Waals surface area contributed by atoms with Gasteiger partial charge in [0.05, 0.1) is 23.9 Å². The van der Waals surface area contributed by atoms with Gasteiger partial charge in [0.1, 0.15) is 11.2 Å². The van der Waals surface area contributed by atoms with Gasteiger partial charge in [0.2, 0.25) is 5.91 Å². The Labute approximate surface area is 195 Å². The molecule has 4 heterocycles. The Balaban J connectivity index is 1.32. The predicted molar refractivity (Wildman–Crippen MR) is 124 cm³/mol. The summed E-state index contributed by atoms with van der Waals surface area (Å²) in [4.78, 5) is 26.8. The van der Waals surface area contributed by atoms with Crippen molar-refractivity contribution >= 4 is 51.9 Å². The molecule has 3 aliphatic rings. The molecular formula is C23H23Cl2N5O2. The van der Waals surface area contributed by atoms with Gasteiger partial charge >= 0.3 is 0 Å². The summed E-state index contributed by atoms with van der Waals surface area (Å²) in [5.74, 6) is 0.212. The SMILES string of the molecule is C[C@H]1c2c(Cl)cc(Cl)cc2CCN1C(=O)C12CCC(C1)N(c1cncc3nc(N)oc13)C2. The highest BCUT2D eigenvalue weighted by molar-refractivity contribution is 6.35. The second-order valence-electron chi connectivity index (χ2n) is 9.25. The van der Waals surface area contributed by atoms with E-state index in [1.165, 1.54) is 0 Å². The normalized spacial score (nSPS) is 26.7. The lowest BCUT2D eigenvalue weighted by atomic mass is 9.83. The van der Waals surface area contributed by atoms with E-state index >= 15 is 0 Å². The number of hydrogen-bond donors (Lipinski definition) is 1. The maximum absolute atomic E-state index is 14.0. The van der Waals surface area contributed by atoms with E-state index in [0.29, 0.717) is 34.2 Å². The number of fused-ring (bicyclic) bond motifs is 4. The number of hydrogen-bond acceptors (Lipinski definition) is 6. The van der Waals surface area contributed by atoms with Crippen LogP contribution in [0.2, 0.25) is 10.0 Å². The number of nitrogens with two attached hydrogens (primary N) is 1. The topological polar surface area (TPSA) is 88.5 Å². The molecule has 166 valence electrons. The Kier molecular flexibility index (Phi) is 4.40. The van der Waals surface area contributed by atoms with Crippen LogP contribution in [0.5, 0.6) is 0 Å². The third kappa shape index (κ3) is 2.83. The Morgan fingerprint density at radius 3 is 3.00 bits per heavy atom. The maximum Gasteiger partial charge on any atom is 0.293 e. The van der Waals surface area contributed by atoms with Crippen molar-refractivity contribution in [2.75, 3.05) is 23.7 Å². The first-order valence-electron chi connectivity index (χ1n) is 10.9. The fourth-order valence-corrected chi connectivity index (χ4v) is 6.75. The van der Waals surface area contributed by atoms with Crippen LogP contribution in [0.15, 0.2) is 28.9 Å². The lowest BCUT2D eigenvalue weighted by Crippen LogP contribution is -2.49. The van der Waals surface area contributed by atoms with Crippen LogP contribution in [0.3, 0.4) is 0 Å². The summed E-state index contributed by atoms with van der Waals surface area (Å²) >= 11 is 12.7. The Bertz CT molecular complexity index is 1260. The van der Waals surface area contributed by atoms with Crippen LogP contribution in [0.25, 0.3) is 11.1 Å². The van der Waals surface area contributed by atoms with E-state index in [-0.39, 0.29) is 24.0 Å². The summed E-state index contributed by atoms with van der Waals surface area (Å²) in [6.45, 7) is 3.38. The average molecular weight is 472 g/mol. The second-order valence-corrected chi connectivity index (χ2v) is 10.1. The Morgan fingerprint density at radius 2 is 2.16 bits per heavy atom. The van der Waals surface area contributed by atoms with E-state index in [0.717, 1.165) is 42.5 Å². The lowest BCUT2D eigenvalue weighted by Gasteiger charge is -2.41. The summed E-state index contributed by atoms with van der Waals surface area (Å²) in [7, 11) is 0. The van der Waals surface area contributed by atoms with E-state index in [4.69, 9.17) is 33.4 Å². The van der Waals surface area contributed by atoms with Crippen molar-refractivity contribution in [3.63, 3.8) is 0 Å². The van der Waals surface area contributed by atoms with Crippen LogP contribution in [-0.4, -0.2) is 39.9 Å². The van der Waals surface area contributed by atoms with Gasteiger partial charge in [-0.1, -0.05) is 23.2 Å². The Morgan fingerprint density at radius 1 is 1.31 bits per heavy atom. The molecule has 2 unspecified atom stereocenters. The minimum absolute atomic E-state index is 0.0855. The molecule has 7 nitrogen and oxygen atoms in total. The van der Waals surface area contributed by atoms with Crippen LogP contribution in [0.4, 0.5) is 11.7 Å². The summed E-state index contributed by atoms with van der Waals surface area (Å²) in [5, 5.41) is 1.27. The molecule has 1 aromatic carbocycles. The van der Waals surface area contributed by atoms with Crippen LogP contribution in [0.1, 0.15) is 43.4 Å². The zero-order valence-corrected chi connectivity index (χ0v) is 19.2. The molecule has 1 amide bonds. The van der Waals surface area contributed by atoms with E-state index < -0.39 is 5.41 Å². The molecule has 2 N–H and O–H groups in total. The van der Waals surface area contributed by atoms with E-state index in [1.54, 1.807) is 18.5 Å². The third-order valence-corrected chi connectivity index (χ3v) is 8.03. The van der Waals surface area contributed by atoms with Gasteiger partial charge in [-0.15, -0.1) is 0 Å². The smallest absolute Gasteiger partial charge is 0.293 e. The number of oxazole rings is 1. The van der Waals surface area contributed by atoms with E-state index in [2.05, 4.69) is 21.8 Å². The number of carbonyl (C=O) groups excluding carboxylic acids is 1. The molecule has 2 aromatic heterocycles. The molecule has 0 radical (unpaired) electrons. The second kappa shape index (κ2) is 6.99. The fraction of sp³-hybridized carbons (Fsp3) is 0.435. The van der Waals surface area contributed by atoms with Crippen LogP contribution >= 0.6 is 23.2 Å². The van der Waals surface area contributed by atoms with Crippen molar-refractivity contribution in [1.82, 2.24) is 14.9 Å². The molecule has 2 fully saturated rings. The van der Waals surface area contributed by atoms with Gasteiger partial charge in [0, 0.05) is 29.2 Å². The molecule has 32 heavy (non-hydrogen) atoms. The zero-order chi connectivity index (χ0) is 22.2. The molecule has 3 aromatic rings.